The summed E-state index contributed by atoms with van der Waals surface area (Å²) in [4.78, 5) is 2.40. The predicted molar refractivity (Wildman–Crippen MR) is 131 cm³/mol. The molecule has 0 N–H and O–H groups in total. The fourth-order valence-corrected chi connectivity index (χ4v) is 4.75. The fourth-order valence-electron chi connectivity index (χ4n) is 4.48. The summed E-state index contributed by atoms with van der Waals surface area (Å²) in [7, 11) is 0. The monoisotopic (exact) mass is 447 g/mol. The summed E-state index contributed by atoms with van der Waals surface area (Å²) in [6.07, 6.45) is 0. The summed E-state index contributed by atoms with van der Waals surface area (Å²) in [5.41, 5.74) is 8.62. The Labute approximate surface area is 184 Å². The Kier molecular flexibility index (Phi) is 4.00. The Bertz CT molecular complexity index is 1380. The molecule has 2 heteroatoms. The first kappa shape index (κ1) is 17.5. The highest BCUT2D eigenvalue weighted by molar-refractivity contribution is 9.10. The molecule has 1 heterocycles. The summed E-state index contributed by atoms with van der Waals surface area (Å²) in [6, 6.07) is 39.2. The second kappa shape index (κ2) is 6.86. The van der Waals surface area contributed by atoms with Gasteiger partial charge in [0, 0.05) is 21.1 Å². The number of hydrogen-bond donors (Lipinski definition) is 0. The van der Waals surface area contributed by atoms with Gasteiger partial charge in [0.05, 0.1) is 11.4 Å². The SMILES string of the molecule is Brc1ccc(-c2ccc3c(c2)N(c2ccccc2)c2cccc4cccc-3c24)cc1. The van der Waals surface area contributed by atoms with Crippen LogP contribution in [0, 0.1) is 0 Å². The first-order chi connectivity index (χ1) is 14.8. The minimum absolute atomic E-state index is 1.09. The van der Waals surface area contributed by atoms with E-state index in [0.717, 1.165) is 4.47 Å². The van der Waals surface area contributed by atoms with E-state index in [1.165, 1.54) is 50.1 Å². The maximum atomic E-state index is 3.54. The second-order valence-electron chi connectivity index (χ2n) is 7.59. The summed E-state index contributed by atoms with van der Waals surface area (Å²) < 4.78 is 1.09. The first-order valence-electron chi connectivity index (χ1n) is 10.1. The van der Waals surface area contributed by atoms with Crippen LogP contribution < -0.4 is 4.90 Å². The van der Waals surface area contributed by atoms with Crippen LogP contribution in [0.25, 0.3) is 33.0 Å². The third-order valence-electron chi connectivity index (χ3n) is 5.84. The highest BCUT2D eigenvalue weighted by Gasteiger charge is 2.26. The Morgan fingerprint density at radius 2 is 1.27 bits per heavy atom. The van der Waals surface area contributed by atoms with Gasteiger partial charge in [0.25, 0.3) is 0 Å². The van der Waals surface area contributed by atoms with Crippen LogP contribution in [0.2, 0.25) is 0 Å². The quantitative estimate of drug-likeness (QED) is 0.256. The second-order valence-corrected chi connectivity index (χ2v) is 8.51. The maximum Gasteiger partial charge on any atom is 0.0546 e. The normalized spacial score (nSPS) is 12.1. The average Bonchev–Trinajstić information content (AvgIpc) is 2.80. The predicted octanol–water partition coefficient (Wildman–Crippen LogP) is 8.72. The van der Waals surface area contributed by atoms with E-state index in [1.54, 1.807) is 0 Å². The molecule has 30 heavy (non-hydrogen) atoms. The van der Waals surface area contributed by atoms with Crippen LogP contribution in [0.15, 0.2) is 114 Å². The molecule has 1 aliphatic rings. The highest BCUT2D eigenvalue weighted by Crippen LogP contribution is 2.51. The summed E-state index contributed by atoms with van der Waals surface area (Å²) in [6.45, 7) is 0. The number of hydrogen-bond acceptors (Lipinski definition) is 1. The number of nitrogens with zero attached hydrogens (tertiary/aromatic N) is 1. The van der Waals surface area contributed by atoms with Gasteiger partial charge >= 0.3 is 0 Å². The Hall–Kier alpha value is -3.36. The standard InChI is InChI=1S/C28H18BrN/c29-22-15-12-19(13-16-22)21-14-17-24-25-10-4-6-20-7-5-11-26(28(20)25)30(27(24)18-21)23-8-2-1-3-9-23/h1-18H. The molecule has 5 aromatic rings. The largest absolute Gasteiger partial charge is 0.309 e. The Balaban J connectivity index is 1.66. The Morgan fingerprint density at radius 3 is 2.07 bits per heavy atom. The van der Waals surface area contributed by atoms with Gasteiger partial charge in [-0.3, -0.25) is 0 Å². The molecule has 0 saturated heterocycles. The number of para-hydroxylation sites is 1. The zero-order chi connectivity index (χ0) is 20.1. The van der Waals surface area contributed by atoms with E-state index in [-0.39, 0.29) is 0 Å². The van der Waals surface area contributed by atoms with Gasteiger partial charge in [-0.25, -0.2) is 0 Å². The smallest absolute Gasteiger partial charge is 0.0546 e. The van der Waals surface area contributed by atoms with Gasteiger partial charge in [0.1, 0.15) is 0 Å². The molecule has 0 aliphatic carbocycles. The highest BCUT2D eigenvalue weighted by atomic mass is 79.9. The lowest BCUT2D eigenvalue weighted by molar-refractivity contribution is 1.28. The van der Waals surface area contributed by atoms with Crippen molar-refractivity contribution in [1.82, 2.24) is 0 Å². The fraction of sp³-hybridized carbons (Fsp3) is 0. The molecule has 0 aromatic heterocycles. The minimum atomic E-state index is 1.09. The lowest BCUT2D eigenvalue weighted by Gasteiger charge is -2.34. The average molecular weight is 448 g/mol. The first-order valence-corrected chi connectivity index (χ1v) is 10.9. The van der Waals surface area contributed by atoms with Crippen LogP contribution >= 0.6 is 15.9 Å². The number of halogens is 1. The van der Waals surface area contributed by atoms with Crippen LogP contribution in [-0.2, 0) is 0 Å². The molecule has 0 saturated carbocycles. The minimum Gasteiger partial charge on any atom is -0.309 e. The maximum absolute atomic E-state index is 3.54. The number of rotatable bonds is 2. The van der Waals surface area contributed by atoms with E-state index >= 15 is 0 Å². The van der Waals surface area contributed by atoms with Crippen LogP contribution in [0.4, 0.5) is 17.1 Å². The third kappa shape index (κ3) is 2.68. The summed E-state index contributed by atoms with van der Waals surface area (Å²) in [5, 5.41) is 2.58. The number of fused-ring (bicyclic) bond motifs is 2. The van der Waals surface area contributed by atoms with Crippen molar-refractivity contribution < 1.29 is 0 Å². The van der Waals surface area contributed by atoms with E-state index in [9.17, 15) is 0 Å². The molecule has 0 radical (unpaired) electrons. The zero-order valence-corrected chi connectivity index (χ0v) is 17.8. The zero-order valence-electron chi connectivity index (χ0n) is 16.2. The molecule has 6 rings (SSSR count). The van der Waals surface area contributed by atoms with Gasteiger partial charge in [-0.2, -0.15) is 0 Å². The van der Waals surface area contributed by atoms with Crippen molar-refractivity contribution in [2.75, 3.05) is 4.90 Å². The molecule has 1 aliphatic heterocycles. The van der Waals surface area contributed by atoms with Crippen LogP contribution in [0.1, 0.15) is 0 Å². The van der Waals surface area contributed by atoms with Crippen molar-refractivity contribution in [3.63, 3.8) is 0 Å². The van der Waals surface area contributed by atoms with Crippen molar-refractivity contribution in [2.24, 2.45) is 0 Å². The van der Waals surface area contributed by atoms with E-state index in [0.29, 0.717) is 0 Å². The van der Waals surface area contributed by atoms with Gasteiger partial charge in [-0.15, -0.1) is 0 Å². The van der Waals surface area contributed by atoms with Gasteiger partial charge in [-0.05, 0) is 58.5 Å². The Morgan fingerprint density at radius 1 is 0.533 bits per heavy atom. The molecule has 0 fully saturated rings. The molecule has 1 nitrogen and oxygen atoms in total. The van der Waals surface area contributed by atoms with Crippen LogP contribution in [0.5, 0.6) is 0 Å². The van der Waals surface area contributed by atoms with Crippen molar-refractivity contribution in [3.05, 3.63) is 114 Å². The van der Waals surface area contributed by atoms with Crippen molar-refractivity contribution in [3.8, 4) is 22.3 Å². The van der Waals surface area contributed by atoms with Crippen molar-refractivity contribution in [2.45, 2.75) is 0 Å². The summed E-state index contributed by atoms with van der Waals surface area (Å²) >= 11 is 3.54. The number of anilines is 3. The molecule has 142 valence electrons. The molecule has 0 atom stereocenters. The van der Waals surface area contributed by atoms with Gasteiger partial charge in [-0.1, -0.05) is 88.7 Å². The lowest BCUT2D eigenvalue weighted by Crippen LogP contribution is -2.15. The van der Waals surface area contributed by atoms with Crippen molar-refractivity contribution >= 4 is 43.8 Å². The van der Waals surface area contributed by atoms with Crippen LogP contribution in [0.3, 0.4) is 0 Å². The van der Waals surface area contributed by atoms with Gasteiger partial charge < -0.3 is 4.90 Å². The van der Waals surface area contributed by atoms with Gasteiger partial charge in [0.2, 0.25) is 0 Å². The molecule has 0 amide bonds. The summed E-state index contributed by atoms with van der Waals surface area (Å²) in [5.74, 6) is 0. The van der Waals surface area contributed by atoms with Gasteiger partial charge in [0.15, 0.2) is 0 Å². The lowest BCUT2D eigenvalue weighted by atomic mass is 9.89. The molecule has 0 unspecified atom stereocenters. The van der Waals surface area contributed by atoms with E-state index in [4.69, 9.17) is 0 Å². The van der Waals surface area contributed by atoms with Crippen molar-refractivity contribution in [1.29, 1.82) is 0 Å². The topological polar surface area (TPSA) is 3.24 Å². The third-order valence-corrected chi connectivity index (χ3v) is 6.37. The molecule has 0 bridgehead atoms. The molecule has 0 spiro atoms. The van der Waals surface area contributed by atoms with E-state index < -0.39 is 0 Å². The van der Waals surface area contributed by atoms with Crippen LogP contribution in [-0.4, -0.2) is 0 Å². The van der Waals surface area contributed by atoms with E-state index in [1.807, 2.05) is 0 Å². The molecular weight excluding hydrogens is 430 g/mol. The molecular formula is C28H18BrN. The number of benzene rings is 5. The molecule has 5 aromatic carbocycles. The van der Waals surface area contributed by atoms with E-state index in [2.05, 4.69) is 130 Å².